The highest BCUT2D eigenvalue weighted by Gasteiger charge is 2.25. The number of hydrogen-bond donors (Lipinski definition) is 1. The molecule has 2 atom stereocenters. The van der Waals surface area contributed by atoms with E-state index in [4.69, 9.17) is 18.9 Å². The maximum absolute atomic E-state index is 12.8. The minimum absolute atomic E-state index is 0.174. The van der Waals surface area contributed by atoms with Crippen LogP contribution in [0.4, 0.5) is 0 Å². The Labute approximate surface area is 345 Å². The molecule has 56 heavy (non-hydrogen) atoms. The molecule has 0 aromatic carbocycles. The lowest BCUT2D eigenvalue weighted by Crippen LogP contribution is -2.40. The second-order valence-electron chi connectivity index (χ2n) is 17.4. The SMILES string of the molecule is CCCCCCCCCCCCCCCCCCCCCCC(=O)OC(COC(=O)CCCCCCCCCCCCC)COC(OCC[N+](C)(C)C)C(=O)O. The third-order valence-electron chi connectivity index (χ3n) is 10.6. The van der Waals surface area contributed by atoms with E-state index in [1.807, 2.05) is 21.1 Å². The number of carboxylic acids is 1. The monoisotopic (exact) mass is 799 g/mol. The summed E-state index contributed by atoms with van der Waals surface area (Å²) in [5, 5.41) is 9.63. The number of esters is 2. The molecule has 0 fully saturated rings. The van der Waals surface area contributed by atoms with Gasteiger partial charge in [0.2, 0.25) is 0 Å². The van der Waals surface area contributed by atoms with E-state index in [2.05, 4.69) is 13.8 Å². The van der Waals surface area contributed by atoms with Crippen molar-refractivity contribution in [1.29, 1.82) is 0 Å². The molecule has 9 heteroatoms. The second-order valence-corrected chi connectivity index (χ2v) is 17.4. The summed E-state index contributed by atoms with van der Waals surface area (Å²) in [7, 11) is 5.96. The number of unbranched alkanes of at least 4 members (excludes halogenated alkanes) is 29. The van der Waals surface area contributed by atoms with Crippen LogP contribution in [0.15, 0.2) is 0 Å². The molecular weight excluding hydrogens is 707 g/mol. The summed E-state index contributed by atoms with van der Waals surface area (Å²) < 4.78 is 22.7. The van der Waals surface area contributed by atoms with Crippen LogP contribution in [-0.2, 0) is 33.3 Å². The Hall–Kier alpha value is -1.71. The number of carbonyl (C=O) groups excluding carboxylic acids is 2. The number of quaternary nitrogens is 1. The van der Waals surface area contributed by atoms with Gasteiger partial charge in [-0.3, -0.25) is 9.59 Å². The van der Waals surface area contributed by atoms with Crippen LogP contribution in [0.5, 0.6) is 0 Å². The minimum atomic E-state index is -1.50. The Morgan fingerprint density at radius 1 is 0.464 bits per heavy atom. The molecule has 0 spiro atoms. The van der Waals surface area contributed by atoms with Gasteiger partial charge in [-0.1, -0.05) is 200 Å². The van der Waals surface area contributed by atoms with E-state index in [0.717, 1.165) is 38.5 Å². The number of nitrogens with zero attached hydrogens (tertiary/aromatic N) is 1. The van der Waals surface area contributed by atoms with E-state index in [1.165, 1.54) is 161 Å². The fraction of sp³-hybridized carbons (Fsp3) is 0.936. The number of ether oxygens (including phenoxy) is 4. The van der Waals surface area contributed by atoms with Crippen molar-refractivity contribution in [3.63, 3.8) is 0 Å². The highest BCUT2D eigenvalue weighted by atomic mass is 16.7. The third kappa shape index (κ3) is 40.5. The summed E-state index contributed by atoms with van der Waals surface area (Å²) in [5.74, 6) is -1.99. The molecule has 0 rings (SSSR count). The predicted octanol–water partition coefficient (Wildman–Crippen LogP) is 12.5. The fourth-order valence-electron chi connectivity index (χ4n) is 6.90. The highest BCUT2D eigenvalue weighted by Crippen LogP contribution is 2.16. The van der Waals surface area contributed by atoms with Gasteiger partial charge in [0.15, 0.2) is 6.10 Å². The molecule has 0 saturated carbocycles. The van der Waals surface area contributed by atoms with Crippen LogP contribution in [0.25, 0.3) is 0 Å². The Bertz CT molecular complexity index is 892. The Morgan fingerprint density at radius 3 is 1.14 bits per heavy atom. The number of hydrogen-bond acceptors (Lipinski definition) is 7. The maximum Gasteiger partial charge on any atom is 0.361 e. The van der Waals surface area contributed by atoms with Crippen molar-refractivity contribution in [1.82, 2.24) is 0 Å². The van der Waals surface area contributed by atoms with Gasteiger partial charge in [-0.15, -0.1) is 0 Å². The topological polar surface area (TPSA) is 108 Å². The summed E-state index contributed by atoms with van der Waals surface area (Å²) in [5.41, 5.74) is 0. The van der Waals surface area contributed by atoms with Gasteiger partial charge in [0, 0.05) is 12.8 Å². The summed E-state index contributed by atoms with van der Waals surface area (Å²) in [4.78, 5) is 37.1. The molecule has 0 aliphatic heterocycles. The average molecular weight is 799 g/mol. The van der Waals surface area contributed by atoms with Crippen molar-refractivity contribution in [2.24, 2.45) is 0 Å². The molecule has 1 N–H and O–H groups in total. The zero-order chi connectivity index (χ0) is 41.4. The van der Waals surface area contributed by atoms with Crippen molar-refractivity contribution in [2.45, 2.75) is 238 Å². The number of likely N-dealkylation sites (N-methyl/N-ethyl adjacent to an activating group) is 1. The molecule has 332 valence electrons. The van der Waals surface area contributed by atoms with Crippen LogP contribution in [0.1, 0.15) is 226 Å². The minimum Gasteiger partial charge on any atom is -0.477 e. The molecule has 0 aromatic rings. The zero-order valence-corrected chi connectivity index (χ0v) is 37.6. The standard InChI is InChI=1S/C47H91NO8/c1-6-8-10-12-14-16-18-19-20-21-22-23-24-25-26-28-30-32-34-36-38-45(50)56-43(42-55-47(46(51)52)53-40-39-48(3,4)5)41-54-44(49)37-35-33-31-29-27-17-15-13-11-9-7-2/h43,47H,6-42H2,1-5H3/p+1. The Balaban J connectivity index is 4.30. The molecule has 0 amide bonds. The normalized spacial score (nSPS) is 12.8. The molecule has 0 radical (unpaired) electrons. The van der Waals surface area contributed by atoms with E-state index in [0.29, 0.717) is 17.4 Å². The Kier molecular flexibility index (Phi) is 38.9. The maximum atomic E-state index is 12.8. The first kappa shape index (κ1) is 54.3. The number of aliphatic carboxylic acids is 1. The van der Waals surface area contributed by atoms with Crippen molar-refractivity contribution in [3.8, 4) is 0 Å². The number of carbonyl (C=O) groups is 3. The second kappa shape index (κ2) is 40.1. The van der Waals surface area contributed by atoms with Crippen LogP contribution < -0.4 is 0 Å². The van der Waals surface area contributed by atoms with Crippen LogP contribution in [-0.4, -0.2) is 87.4 Å². The smallest absolute Gasteiger partial charge is 0.361 e. The molecular formula is C47H92NO8+. The highest BCUT2D eigenvalue weighted by molar-refractivity contribution is 5.71. The largest absolute Gasteiger partial charge is 0.477 e. The third-order valence-corrected chi connectivity index (χ3v) is 10.6. The van der Waals surface area contributed by atoms with Gasteiger partial charge < -0.3 is 28.5 Å². The molecule has 0 saturated heterocycles. The van der Waals surface area contributed by atoms with Crippen LogP contribution >= 0.6 is 0 Å². The van der Waals surface area contributed by atoms with Gasteiger partial charge in [-0.2, -0.15) is 0 Å². The molecule has 0 aromatic heterocycles. The van der Waals surface area contributed by atoms with Crippen LogP contribution in [0.2, 0.25) is 0 Å². The molecule has 9 nitrogen and oxygen atoms in total. The summed E-state index contributed by atoms with van der Waals surface area (Å²) in [6.45, 7) is 4.90. The van der Waals surface area contributed by atoms with E-state index in [9.17, 15) is 19.5 Å². The lowest BCUT2D eigenvalue weighted by molar-refractivity contribution is -0.870. The van der Waals surface area contributed by atoms with Crippen LogP contribution in [0, 0.1) is 0 Å². The van der Waals surface area contributed by atoms with Crippen LogP contribution in [0.3, 0.4) is 0 Å². The summed E-state index contributed by atoms with van der Waals surface area (Å²) in [6.07, 6.45) is 37.3. The first-order valence-corrected chi connectivity index (χ1v) is 23.7. The van der Waals surface area contributed by atoms with E-state index in [1.54, 1.807) is 0 Å². The molecule has 0 aliphatic rings. The molecule has 2 unspecified atom stereocenters. The van der Waals surface area contributed by atoms with Gasteiger partial charge in [-0.05, 0) is 12.8 Å². The molecule has 0 bridgehead atoms. The van der Waals surface area contributed by atoms with Gasteiger partial charge >= 0.3 is 17.9 Å². The van der Waals surface area contributed by atoms with Crippen molar-refractivity contribution in [2.75, 3.05) is 47.5 Å². The van der Waals surface area contributed by atoms with E-state index >= 15 is 0 Å². The predicted molar refractivity (Wildman–Crippen MR) is 231 cm³/mol. The van der Waals surface area contributed by atoms with Gasteiger partial charge in [0.1, 0.15) is 13.2 Å². The lowest BCUT2D eigenvalue weighted by atomic mass is 10.0. The lowest BCUT2D eigenvalue weighted by Gasteiger charge is -2.25. The van der Waals surface area contributed by atoms with Gasteiger partial charge in [0.05, 0.1) is 34.4 Å². The molecule has 0 heterocycles. The van der Waals surface area contributed by atoms with Crippen molar-refractivity contribution < 1.29 is 42.9 Å². The summed E-state index contributed by atoms with van der Waals surface area (Å²) >= 11 is 0. The van der Waals surface area contributed by atoms with Crippen molar-refractivity contribution in [3.05, 3.63) is 0 Å². The number of carboxylic acid groups (broad SMARTS) is 1. The van der Waals surface area contributed by atoms with E-state index < -0.39 is 18.4 Å². The van der Waals surface area contributed by atoms with E-state index in [-0.39, 0.29) is 38.2 Å². The number of rotatable bonds is 44. The first-order valence-electron chi connectivity index (χ1n) is 23.7. The quantitative estimate of drug-likeness (QED) is 0.0281. The zero-order valence-electron chi connectivity index (χ0n) is 37.6. The average Bonchev–Trinajstić information content (AvgIpc) is 3.15. The summed E-state index contributed by atoms with van der Waals surface area (Å²) in [6, 6.07) is 0. The van der Waals surface area contributed by atoms with Gasteiger partial charge in [-0.25, -0.2) is 4.79 Å². The fourth-order valence-corrected chi connectivity index (χ4v) is 6.90. The molecule has 0 aliphatic carbocycles. The van der Waals surface area contributed by atoms with Gasteiger partial charge in [0.25, 0.3) is 6.29 Å². The van der Waals surface area contributed by atoms with Crippen molar-refractivity contribution >= 4 is 17.9 Å². The first-order chi connectivity index (χ1) is 27.1. The Morgan fingerprint density at radius 2 is 0.804 bits per heavy atom.